The van der Waals surface area contributed by atoms with Gasteiger partial charge in [-0.05, 0) is 60.7 Å². The van der Waals surface area contributed by atoms with E-state index in [0.717, 1.165) is 58.6 Å². The van der Waals surface area contributed by atoms with Gasteiger partial charge in [-0.15, -0.1) is 0 Å². The van der Waals surface area contributed by atoms with Crippen molar-refractivity contribution in [1.29, 1.82) is 0 Å². The van der Waals surface area contributed by atoms with E-state index in [1.54, 1.807) is 6.07 Å². The molecule has 3 heterocycles. The standard InChI is InChI=1S/C29H27ClN2O3/c1-16(2)15-32-10-9-28-24-18-5-8-22(33)26(24)35-27(28)25-19(13-29(28,34)23(32)12-18)11-20(14-31-25)17-3-6-21(30)7-4-17/h3-8,11,14,23,27,33-34H,1,9-10,12-13,15H2,2H3/t23?,27?,28-,29+/m0/s1. The Morgan fingerprint density at radius 1 is 1.20 bits per heavy atom. The number of aromatic nitrogens is 1. The first-order valence-corrected chi connectivity index (χ1v) is 12.6. The Kier molecular flexibility index (Phi) is 4.34. The third-order valence-corrected chi connectivity index (χ3v) is 8.94. The zero-order valence-corrected chi connectivity index (χ0v) is 20.3. The molecule has 2 aromatic carbocycles. The summed E-state index contributed by atoms with van der Waals surface area (Å²) in [5, 5.41) is 24.2. The van der Waals surface area contributed by atoms with Gasteiger partial charge in [-0.1, -0.05) is 42.0 Å². The molecule has 2 bridgehead atoms. The Bertz CT molecular complexity index is 1400. The summed E-state index contributed by atoms with van der Waals surface area (Å²) in [5.41, 5.74) is 5.43. The molecule has 35 heavy (non-hydrogen) atoms. The largest absolute Gasteiger partial charge is 0.504 e. The summed E-state index contributed by atoms with van der Waals surface area (Å²) >= 11 is 6.10. The number of phenolic OH excluding ortho intramolecular Hbond substituents is 1. The van der Waals surface area contributed by atoms with E-state index in [9.17, 15) is 10.2 Å². The molecular formula is C29H27ClN2O3. The maximum atomic E-state index is 12.8. The van der Waals surface area contributed by atoms with E-state index in [4.69, 9.17) is 21.3 Å². The van der Waals surface area contributed by atoms with E-state index in [-0.39, 0.29) is 11.8 Å². The predicted molar refractivity (Wildman–Crippen MR) is 135 cm³/mol. The molecule has 4 aliphatic rings. The van der Waals surface area contributed by atoms with Gasteiger partial charge in [0.1, 0.15) is 0 Å². The highest BCUT2D eigenvalue weighted by Gasteiger charge is 2.72. The zero-order chi connectivity index (χ0) is 24.1. The summed E-state index contributed by atoms with van der Waals surface area (Å²) in [6.45, 7) is 7.79. The second-order valence-electron chi connectivity index (χ2n) is 10.7. The quantitative estimate of drug-likeness (QED) is 0.511. The molecule has 6 heteroatoms. The van der Waals surface area contributed by atoms with E-state index in [1.807, 2.05) is 43.5 Å². The topological polar surface area (TPSA) is 65.8 Å². The average Bonchev–Trinajstić information content (AvgIpc) is 3.18. The second-order valence-corrected chi connectivity index (χ2v) is 11.1. The number of halogens is 1. The van der Waals surface area contributed by atoms with Gasteiger partial charge in [-0.2, -0.15) is 0 Å². The van der Waals surface area contributed by atoms with Crippen LogP contribution in [0.3, 0.4) is 0 Å². The Hall–Kier alpha value is -2.86. The first-order valence-electron chi connectivity index (χ1n) is 12.2. The van der Waals surface area contributed by atoms with Gasteiger partial charge in [0, 0.05) is 47.9 Å². The molecule has 3 aromatic rings. The van der Waals surface area contributed by atoms with Crippen molar-refractivity contribution in [3.8, 4) is 22.6 Å². The van der Waals surface area contributed by atoms with Crippen molar-refractivity contribution in [3.63, 3.8) is 0 Å². The van der Waals surface area contributed by atoms with Gasteiger partial charge in [0.2, 0.25) is 0 Å². The molecule has 1 fully saturated rings. The van der Waals surface area contributed by atoms with Crippen LogP contribution in [0.2, 0.25) is 5.02 Å². The van der Waals surface area contributed by atoms with Crippen molar-refractivity contribution in [2.24, 2.45) is 0 Å². The van der Waals surface area contributed by atoms with Gasteiger partial charge < -0.3 is 14.9 Å². The molecule has 178 valence electrons. The lowest BCUT2D eigenvalue weighted by Gasteiger charge is -2.62. The van der Waals surface area contributed by atoms with E-state index >= 15 is 0 Å². The molecule has 2 N–H and O–H groups in total. The van der Waals surface area contributed by atoms with Crippen molar-refractivity contribution in [1.82, 2.24) is 9.88 Å². The molecule has 5 nitrogen and oxygen atoms in total. The normalized spacial score (nSPS) is 29.8. The number of aromatic hydroxyl groups is 1. The summed E-state index contributed by atoms with van der Waals surface area (Å²) < 4.78 is 6.55. The van der Waals surface area contributed by atoms with Crippen LogP contribution in [0, 0.1) is 0 Å². The third-order valence-electron chi connectivity index (χ3n) is 8.68. The number of hydrogen-bond acceptors (Lipinski definition) is 5. The number of hydrogen-bond donors (Lipinski definition) is 2. The van der Waals surface area contributed by atoms with Crippen LogP contribution in [0.4, 0.5) is 0 Å². The molecule has 7 rings (SSSR count). The SMILES string of the molecule is C=C(C)CN1CC[C@]23c4c5ccc(O)c4OC2c2ncc(-c4ccc(Cl)cc4)cc2C[C@@]3(O)C1C5. The fraction of sp³-hybridized carbons (Fsp3) is 0.345. The van der Waals surface area contributed by atoms with Crippen LogP contribution in [0.25, 0.3) is 11.1 Å². The highest BCUT2D eigenvalue weighted by molar-refractivity contribution is 6.30. The summed E-state index contributed by atoms with van der Waals surface area (Å²) in [6, 6.07) is 13.5. The van der Waals surface area contributed by atoms with E-state index in [0.29, 0.717) is 23.6 Å². The molecule has 1 aromatic heterocycles. The number of likely N-dealkylation sites (tertiary alicyclic amines) is 1. The number of rotatable bonds is 3. The average molecular weight is 487 g/mol. The molecule has 2 aliphatic carbocycles. The molecule has 0 saturated carbocycles. The highest BCUT2D eigenvalue weighted by atomic mass is 35.5. The van der Waals surface area contributed by atoms with Crippen LogP contribution in [-0.2, 0) is 18.3 Å². The molecule has 1 spiro atoms. The number of nitrogens with zero attached hydrogens (tertiary/aromatic N) is 2. The lowest BCUT2D eigenvalue weighted by atomic mass is 9.49. The van der Waals surface area contributed by atoms with Gasteiger partial charge in [0.05, 0.1) is 16.7 Å². The van der Waals surface area contributed by atoms with Crippen molar-refractivity contribution in [3.05, 3.63) is 88.2 Å². The van der Waals surface area contributed by atoms with Gasteiger partial charge >= 0.3 is 0 Å². The molecule has 4 atom stereocenters. The number of aliphatic hydroxyl groups is 1. The second kappa shape index (κ2) is 7.10. The first kappa shape index (κ1) is 21.4. The summed E-state index contributed by atoms with van der Waals surface area (Å²) in [4.78, 5) is 7.31. The lowest BCUT2D eigenvalue weighted by molar-refractivity contribution is -0.171. The number of piperidine rings is 1. The minimum absolute atomic E-state index is 0.0746. The summed E-state index contributed by atoms with van der Waals surface area (Å²) in [5.74, 6) is 0.658. The van der Waals surface area contributed by atoms with Crippen LogP contribution in [0.1, 0.15) is 41.8 Å². The Labute approximate surface area is 209 Å². The molecular weight excluding hydrogens is 460 g/mol. The van der Waals surface area contributed by atoms with Gasteiger partial charge in [0.25, 0.3) is 0 Å². The minimum atomic E-state index is -1.05. The summed E-state index contributed by atoms with van der Waals surface area (Å²) in [6.07, 6.45) is 3.38. The highest BCUT2D eigenvalue weighted by Crippen LogP contribution is 2.68. The number of fused-ring (bicyclic) bond motifs is 2. The third kappa shape index (κ3) is 2.69. The number of pyridine rings is 1. The Morgan fingerprint density at radius 3 is 2.77 bits per heavy atom. The number of phenols is 1. The predicted octanol–water partition coefficient (Wildman–Crippen LogP) is 4.97. The van der Waals surface area contributed by atoms with Crippen LogP contribution >= 0.6 is 11.6 Å². The zero-order valence-electron chi connectivity index (χ0n) is 19.6. The van der Waals surface area contributed by atoms with Crippen LogP contribution in [0.5, 0.6) is 11.5 Å². The molecule has 0 radical (unpaired) electrons. The fourth-order valence-electron chi connectivity index (χ4n) is 7.33. The number of ether oxygens (including phenoxy) is 1. The van der Waals surface area contributed by atoms with Crippen LogP contribution in [-0.4, -0.2) is 44.8 Å². The van der Waals surface area contributed by atoms with Gasteiger partial charge in [-0.3, -0.25) is 9.88 Å². The molecule has 0 amide bonds. The van der Waals surface area contributed by atoms with E-state index in [2.05, 4.69) is 17.5 Å². The maximum Gasteiger partial charge on any atom is 0.166 e. The number of benzene rings is 2. The van der Waals surface area contributed by atoms with Gasteiger partial charge in [-0.25, -0.2) is 0 Å². The van der Waals surface area contributed by atoms with E-state index < -0.39 is 17.1 Å². The van der Waals surface area contributed by atoms with Gasteiger partial charge in [0.15, 0.2) is 17.6 Å². The molecule has 2 aliphatic heterocycles. The minimum Gasteiger partial charge on any atom is -0.504 e. The van der Waals surface area contributed by atoms with Crippen molar-refractivity contribution in [2.75, 3.05) is 13.1 Å². The van der Waals surface area contributed by atoms with Crippen LogP contribution in [0.15, 0.2) is 60.8 Å². The van der Waals surface area contributed by atoms with Crippen molar-refractivity contribution in [2.45, 2.75) is 49.3 Å². The molecule has 2 unspecified atom stereocenters. The fourth-order valence-corrected chi connectivity index (χ4v) is 7.45. The Balaban J connectivity index is 1.44. The smallest absolute Gasteiger partial charge is 0.166 e. The Morgan fingerprint density at radius 2 is 2.00 bits per heavy atom. The van der Waals surface area contributed by atoms with Crippen molar-refractivity contribution < 1.29 is 14.9 Å². The molecule has 1 saturated heterocycles. The maximum absolute atomic E-state index is 12.8. The van der Waals surface area contributed by atoms with E-state index in [1.165, 1.54) is 0 Å². The van der Waals surface area contributed by atoms with Crippen LogP contribution < -0.4 is 4.74 Å². The lowest BCUT2D eigenvalue weighted by Crippen LogP contribution is -2.74. The van der Waals surface area contributed by atoms with Crippen molar-refractivity contribution >= 4 is 11.6 Å². The first-order chi connectivity index (χ1) is 16.8. The monoisotopic (exact) mass is 486 g/mol. The summed E-state index contributed by atoms with van der Waals surface area (Å²) in [7, 11) is 0.